The fourth-order valence-corrected chi connectivity index (χ4v) is 7.35. The molecular formula is C31H34BN5O7. The highest BCUT2D eigenvalue weighted by atomic mass is 16.6. The van der Waals surface area contributed by atoms with Gasteiger partial charge in [-0.3, -0.25) is 29.3 Å². The van der Waals surface area contributed by atoms with Crippen molar-refractivity contribution in [3.8, 4) is 0 Å². The Kier molecular flexibility index (Phi) is 6.41. The fourth-order valence-electron chi connectivity index (χ4n) is 7.35. The van der Waals surface area contributed by atoms with Crippen molar-refractivity contribution in [2.75, 3.05) is 24.5 Å². The molecule has 5 N–H and O–H groups in total. The van der Waals surface area contributed by atoms with Crippen LogP contribution in [0, 0.1) is 5.41 Å². The summed E-state index contributed by atoms with van der Waals surface area (Å²) in [5.74, 6) is -8.17. The molecule has 2 radical (unpaired) electrons. The lowest BCUT2D eigenvalue weighted by Crippen LogP contribution is -2.86. The molecule has 228 valence electrons. The second-order valence-electron chi connectivity index (χ2n) is 13.2. The maximum Gasteiger partial charge on any atom is 0.286 e. The predicted molar refractivity (Wildman–Crippen MR) is 158 cm³/mol. The summed E-state index contributed by atoms with van der Waals surface area (Å²) < 4.78 is 2.04. The summed E-state index contributed by atoms with van der Waals surface area (Å²) in [5.41, 5.74) is -4.70. The maximum absolute atomic E-state index is 13.6. The lowest BCUT2D eigenvalue weighted by molar-refractivity contribution is -0.314. The number of piperidine rings is 2. The molecular weight excluding hydrogens is 565 g/mol. The summed E-state index contributed by atoms with van der Waals surface area (Å²) >= 11 is 0. The zero-order chi connectivity index (χ0) is 31.2. The first-order chi connectivity index (χ1) is 20.8. The minimum Gasteiger partial charge on any atom is -0.384 e. The van der Waals surface area contributed by atoms with Crippen LogP contribution in [0.15, 0.2) is 42.7 Å². The Morgan fingerprint density at radius 1 is 1.02 bits per heavy atom. The fraction of sp³-hybridized carbons (Fsp3) is 0.484. The van der Waals surface area contributed by atoms with E-state index in [1.54, 1.807) is 23.5 Å². The lowest BCUT2D eigenvalue weighted by atomic mass is 9.66. The van der Waals surface area contributed by atoms with Gasteiger partial charge in [-0.15, -0.1) is 0 Å². The highest BCUT2D eigenvalue weighted by Gasteiger charge is 2.74. The molecule has 2 atom stereocenters. The minimum absolute atomic E-state index is 0.0159. The van der Waals surface area contributed by atoms with Gasteiger partial charge in [-0.25, -0.2) is 0 Å². The summed E-state index contributed by atoms with van der Waals surface area (Å²) in [6.07, 6.45) is 10.4. The average molecular weight is 599 g/mol. The number of anilines is 1. The van der Waals surface area contributed by atoms with Crippen LogP contribution >= 0.6 is 0 Å². The Morgan fingerprint density at radius 2 is 1.75 bits per heavy atom. The van der Waals surface area contributed by atoms with E-state index in [0.29, 0.717) is 33.6 Å². The molecule has 2 unspecified atom stereocenters. The Balaban J connectivity index is 1.15. The second-order valence-corrected chi connectivity index (χ2v) is 13.2. The zero-order valence-corrected chi connectivity index (χ0v) is 24.4. The molecule has 1 aliphatic carbocycles. The standard InChI is InChI=1S/C31H34BN5O7/c1-28(10-3-11-28)17-35-12-8-20(9-13-35)36-16-18(15-33-36)14-19-6-7-23-24-21(19)4-2-5-22(24)25(38)37(23)30(42)27(40)34-26(39)29(32,41)31(30,43)44/h2,4-7,15-16,20,41-44H,3,8-14,17H2,1H3,(H,34,39,40). The quantitative estimate of drug-likeness (QED) is 0.152. The van der Waals surface area contributed by atoms with Crippen molar-refractivity contribution >= 4 is 42.0 Å². The normalized spacial score (nSPS) is 28.4. The third-order valence-electron chi connectivity index (χ3n) is 10.2. The first-order valence-corrected chi connectivity index (χ1v) is 15.0. The summed E-state index contributed by atoms with van der Waals surface area (Å²) in [6, 6.07) is 8.42. The number of rotatable bonds is 6. The van der Waals surface area contributed by atoms with Crippen molar-refractivity contribution < 1.29 is 34.8 Å². The number of carbonyl (C=O) groups excluding carboxylic acids is 3. The van der Waals surface area contributed by atoms with Crippen LogP contribution in [0.4, 0.5) is 5.69 Å². The molecule has 0 bridgehead atoms. The third kappa shape index (κ3) is 4.03. The number of benzene rings is 2. The van der Waals surface area contributed by atoms with Crippen LogP contribution in [0.2, 0.25) is 0 Å². The van der Waals surface area contributed by atoms with Crippen LogP contribution in [-0.2, 0) is 16.0 Å². The van der Waals surface area contributed by atoms with Gasteiger partial charge in [0.15, 0.2) is 5.50 Å². The SMILES string of the molecule is [B]C1(O)C(=O)NC(=O)C(O)(N2C(=O)c3cccc4c(Cc5cnn(C6CCN(CC7(C)CCC7)CC6)c5)ccc2c34)C1(O)O. The first kappa shape index (κ1) is 29.1. The van der Waals surface area contributed by atoms with Gasteiger partial charge in [0, 0.05) is 43.2 Å². The molecule has 3 aliphatic heterocycles. The molecule has 2 saturated heterocycles. The molecule has 1 saturated carbocycles. The van der Waals surface area contributed by atoms with Gasteiger partial charge in [-0.1, -0.05) is 31.5 Å². The van der Waals surface area contributed by atoms with Gasteiger partial charge in [-0.05, 0) is 59.7 Å². The Bertz CT molecular complexity index is 1710. The van der Waals surface area contributed by atoms with E-state index < -0.39 is 34.7 Å². The number of amides is 3. The Hall–Kier alpha value is -3.62. The van der Waals surface area contributed by atoms with Crippen molar-refractivity contribution in [2.24, 2.45) is 5.41 Å². The van der Waals surface area contributed by atoms with Gasteiger partial charge < -0.3 is 25.3 Å². The molecule has 1 aromatic heterocycles. The summed E-state index contributed by atoms with van der Waals surface area (Å²) in [6.45, 7) is 5.66. The number of aliphatic hydroxyl groups is 4. The van der Waals surface area contributed by atoms with Gasteiger partial charge in [0.25, 0.3) is 29.2 Å². The van der Waals surface area contributed by atoms with E-state index in [0.717, 1.165) is 37.1 Å². The smallest absolute Gasteiger partial charge is 0.286 e. The molecule has 0 spiro atoms. The number of nitrogens with one attached hydrogen (secondary N) is 1. The minimum atomic E-state index is -3.96. The van der Waals surface area contributed by atoms with E-state index in [4.69, 9.17) is 7.85 Å². The number of likely N-dealkylation sites (tertiary alicyclic amines) is 1. The molecule has 3 aromatic rings. The van der Waals surface area contributed by atoms with E-state index in [1.165, 1.54) is 37.9 Å². The molecule has 12 nitrogen and oxygen atoms in total. The maximum atomic E-state index is 13.6. The van der Waals surface area contributed by atoms with E-state index in [2.05, 4.69) is 16.9 Å². The number of nitrogens with zero attached hydrogens (tertiary/aromatic N) is 4. The molecule has 3 fully saturated rings. The number of hydrogen-bond donors (Lipinski definition) is 5. The average Bonchev–Trinajstić information content (AvgIpc) is 3.56. The van der Waals surface area contributed by atoms with Gasteiger partial charge in [0.2, 0.25) is 0 Å². The second kappa shape index (κ2) is 9.69. The van der Waals surface area contributed by atoms with E-state index in [9.17, 15) is 34.8 Å². The molecule has 3 amide bonds. The van der Waals surface area contributed by atoms with Gasteiger partial charge >= 0.3 is 0 Å². The highest BCUT2D eigenvalue weighted by molar-refractivity contribution is 6.34. The van der Waals surface area contributed by atoms with Gasteiger partial charge in [0.1, 0.15) is 7.85 Å². The molecule has 7 rings (SSSR count). The lowest BCUT2D eigenvalue weighted by Gasteiger charge is -2.51. The van der Waals surface area contributed by atoms with Crippen molar-refractivity contribution in [3.63, 3.8) is 0 Å². The predicted octanol–water partition coefficient (Wildman–Crippen LogP) is 0.297. The number of imide groups is 1. The number of aromatic nitrogens is 2. The third-order valence-corrected chi connectivity index (χ3v) is 10.2. The summed E-state index contributed by atoms with van der Waals surface area (Å²) in [7, 11) is 5.44. The van der Waals surface area contributed by atoms with E-state index in [-0.39, 0.29) is 11.3 Å². The Morgan fingerprint density at radius 3 is 2.43 bits per heavy atom. The number of carbonyl (C=O) groups is 3. The van der Waals surface area contributed by atoms with E-state index in [1.807, 2.05) is 17.1 Å². The molecule has 13 heteroatoms. The van der Waals surface area contributed by atoms with Crippen molar-refractivity contribution in [2.45, 2.75) is 68.5 Å². The van der Waals surface area contributed by atoms with Gasteiger partial charge in [-0.2, -0.15) is 5.10 Å². The zero-order valence-electron chi connectivity index (χ0n) is 24.4. The molecule has 2 aromatic carbocycles. The molecule has 4 aliphatic rings. The topological polar surface area (TPSA) is 168 Å². The summed E-state index contributed by atoms with van der Waals surface area (Å²) in [5, 5.41) is 50.6. The van der Waals surface area contributed by atoms with Crippen molar-refractivity contribution in [3.05, 3.63) is 59.4 Å². The largest absolute Gasteiger partial charge is 0.384 e. The van der Waals surface area contributed by atoms with Crippen LogP contribution in [0.25, 0.3) is 10.8 Å². The van der Waals surface area contributed by atoms with Crippen LogP contribution in [0.3, 0.4) is 0 Å². The van der Waals surface area contributed by atoms with Gasteiger partial charge in [0.05, 0.1) is 17.9 Å². The van der Waals surface area contributed by atoms with Crippen LogP contribution in [0.1, 0.15) is 66.6 Å². The van der Waals surface area contributed by atoms with Crippen LogP contribution < -0.4 is 10.2 Å². The van der Waals surface area contributed by atoms with E-state index >= 15 is 0 Å². The Labute approximate surface area is 254 Å². The molecule has 4 heterocycles. The highest BCUT2D eigenvalue weighted by Crippen LogP contribution is 2.47. The van der Waals surface area contributed by atoms with Crippen molar-refractivity contribution in [1.29, 1.82) is 0 Å². The van der Waals surface area contributed by atoms with Crippen molar-refractivity contribution in [1.82, 2.24) is 20.0 Å². The monoisotopic (exact) mass is 599 g/mol. The number of hydrogen-bond acceptors (Lipinski definition) is 9. The van der Waals surface area contributed by atoms with Crippen LogP contribution in [0.5, 0.6) is 0 Å². The first-order valence-electron chi connectivity index (χ1n) is 15.0. The summed E-state index contributed by atoms with van der Waals surface area (Å²) in [4.78, 5) is 41.6. The molecule has 44 heavy (non-hydrogen) atoms. The van der Waals surface area contributed by atoms with Crippen LogP contribution in [-0.4, -0.2) is 97.3 Å².